The number of methoxy groups -OCH3 is 1. The van der Waals surface area contributed by atoms with Crippen LogP contribution >= 0.6 is 0 Å². The highest BCUT2D eigenvalue weighted by Gasteiger charge is 2.24. The first-order chi connectivity index (χ1) is 15.1. The number of pyridine rings is 1. The summed E-state index contributed by atoms with van der Waals surface area (Å²) in [6, 6.07) is 16.8. The fraction of sp³-hybridized carbons (Fsp3) is 0.320. The van der Waals surface area contributed by atoms with Crippen LogP contribution in [0.2, 0.25) is 0 Å². The summed E-state index contributed by atoms with van der Waals surface area (Å²) in [6.07, 6.45) is 3.10. The first kappa shape index (κ1) is 20.8. The summed E-state index contributed by atoms with van der Waals surface area (Å²) in [5.41, 5.74) is 2.61. The average Bonchev–Trinajstić information content (AvgIpc) is 2.82. The summed E-state index contributed by atoms with van der Waals surface area (Å²) in [5.74, 6) is 0.0790. The molecule has 0 N–H and O–H groups in total. The number of carbonyl (C=O) groups excluding carboxylic acids is 2. The van der Waals surface area contributed by atoms with Crippen molar-refractivity contribution in [1.29, 1.82) is 0 Å². The molecule has 0 unspecified atom stereocenters. The molecule has 1 amide bonds. The van der Waals surface area contributed by atoms with Gasteiger partial charge in [-0.1, -0.05) is 18.2 Å². The van der Waals surface area contributed by atoms with Crippen molar-refractivity contribution in [3.8, 4) is 17.0 Å². The maximum absolute atomic E-state index is 13.0. The van der Waals surface area contributed by atoms with Gasteiger partial charge in [0.25, 0.3) is 5.91 Å². The topological polar surface area (TPSA) is 68.7 Å². The van der Waals surface area contributed by atoms with E-state index in [0.29, 0.717) is 22.2 Å². The molecule has 2 aromatic carbocycles. The van der Waals surface area contributed by atoms with Gasteiger partial charge in [0.2, 0.25) is 0 Å². The zero-order valence-electron chi connectivity index (χ0n) is 17.8. The van der Waals surface area contributed by atoms with Crippen molar-refractivity contribution in [2.75, 3.05) is 20.3 Å². The van der Waals surface area contributed by atoms with E-state index >= 15 is 0 Å². The van der Waals surface area contributed by atoms with Crippen molar-refractivity contribution < 1.29 is 19.1 Å². The normalized spacial score (nSPS) is 16.2. The van der Waals surface area contributed by atoms with E-state index < -0.39 is 5.97 Å². The van der Waals surface area contributed by atoms with Crippen LogP contribution < -0.4 is 4.74 Å². The van der Waals surface area contributed by atoms with Gasteiger partial charge in [0.05, 0.1) is 23.9 Å². The van der Waals surface area contributed by atoms with Gasteiger partial charge in [-0.25, -0.2) is 9.78 Å². The summed E-state index contributed by atoms with van der Waals surface area (Å²) in [5, 5.41) is 0.698. The average molecular weight is 418 g/mol. The van der Waals surface area contributed by atoms with Gasteiger partial charge in [-0.3, -0.25) is 4.79 Å². The molecule has 1 aliphatic heterocycles. The Labute approximate surface area is 181 Å². The summed E-state index contributed by atoms with van der Waals surface area (Å²) in [6.45, 7) is 2.51. The number of nitrogens with zero attached hydrogens (tertiary/aromatic N) is 2. The molecule has 31 heavy (non-hydrogen) atoms. The number of aromatic nitrogens is 1. The Hall–Kier alpha value is -3.41. The molecule has 0 bridgehead atoms. The Kier molecular flexibility index (Phi) is 6.16. The largest absolute Gasteiger partial charge is 0.497 e. The molecule has 2 heterocycles. The Morgan fingerprint density at radius 3 is 2.61 bits per heavy atom. The standard InChI is InChI=1S/C25H26N2O4/c1-17-7-5-6-14-27(17)24(28)16-31-25(29)21-15-23(18-10-12-19(30-2)13-11-18)26-22-9-4-3-8-20(21)22/h3-4,8-13,15,17H,5-7,14,16H2,1-2H3/t17-/m0/s1. The number of amides is 1. The fourth-order valence-electron chi connectivity index (χ4n) is 4.01. The minimum absolute atomic E-state index is 0.144. The van der Waals surface area contributed by atoms with E-state index in [-0.39, 0.29) is 18.6 Å². The van der Waals surface area contributed by atoms with E-state index in [1.54, 1.807) is 13.2 Å². The summed E-state index contributed by atoms with van der Waals surface area (Å²) >= 11 is 0. The van der Waals surface area contributed by atoms with E-state index in [9.17, 15) is 9.59 Å². The van der Waals surface area contributed by atoms with Crippen LogP contribution in [-0.4, -0.2) is 48.1 Å². The van der Waals surface area contributed by atoms with Gasteiger partial charge < -0.3 is 14.4 Å². The highest BCUT2D eigenvalue weighted by atomic mass is 16.5. The molecule has 1 aliphatic rings. The van der Waals surface area contributed by atoms with Crippen LogP contribution in [0.25, 0.3) is 22.2 Å². The third-order valence-corrected chi connectivity index (χ3v) is 5.77. The lowest BCUT2D eigenvalue weighted by atomic mass is 10.0. The summed E-state index contributed by atoms with van der Waals surface area (Å²) in [4.78, 5) is 32.1. The van der Waals surface area contributed by atoms with Crippen LogP contribution in [0.1, 0.15) is 36.5 Å². The predicted octanol–water partition coefficient (Wildman–Crippen LogP) is 4.47. The lowest BCUT2D eigenvalue weighted by Crippen LogP contribution is -2.44. The minimum Gasteiger partial charge on any atom is -0.497 e. The smallest absolute Gasteiger partial charge is 0.339 e. The molecular weight excluding hydrogens is 392 g/mol. The molecule has 3 aromatic rings. The maximum atomic E-state index is 13.0. The van der Waals surface area contributed by atoms with Crippen molar-refractivity contribution in [3.63, 3.8) is 0 Å². The summed E-state index contributed by atoms with van der Waals surface area (Å²) in [7, 11) is 1.61. The maximum Gasteiger partial charge on any atom is 0.339 e. The number of carbonyl (C=O) groups is 2. The third-order valence-electron chi connectivity index (χ3n) is 5.77. The Bertz CT molecular complexity index is 1090. The molecule has 1 atom stereocenters. The van der Waals surface area contributed by atoms with E-state index in [2.05, 4.69) is 0 Å². The molecule has 0 aliphatic carbocycles. The minimum atomic E-state index is -0.522. The van der Waals surface area contributed by atoms with Crippen LogP contribution in [0.3, 0.4) is 0 Å². The number of benzene rings is 2. The molecule has 0 saturated carbocycles. The first-order valence-electron chi connectivity index (χ1n) is 10.6. The SMILES string of the molecule is COc1ccc(-c2cc(C(=O)OCC(=O)N3CCCC[C@@H]3C)c3ccccc3n2)cc1. The van der Waals surface area contributed by atoms with Gasteiger partial charge in [0.15, 0.2) is 6.61 Å². The summed E-state index contributed by atoms with van der Waals surface area (Å²) < 4.78 is 10.7. The fourth-order valence-corrected chi connectivity index (χ4v) is 4.01. The van der Waals surface area contributed by atoms with Crippen LogP contribution in [0, 0.1) is 0 Å². The number of hydrogen-bond acceptors (Lipinski definition) is 5. The van der Waals surface area contributed by atoms with E-state index in [4.69, 9.17) is 14.5 Å². The molecule has 4 rings (SSSR count). The van der Waals surface area contributed by atoms with Gasteiger partial charge in [-0.2, -0.15) is 0 Å². The third kappa shape index (κ3) is 4.53. The van der Waals surface area contributed by atoms with Crippen molar-refractivity contribution in [2.45, 2.75) is 32.2 Å². The number of para-hydroxylation sites is 1. The number of ether oxygens (including phenoxy) is 2. The van der Waals surface area contributed by atoms with Crippen LogP contribution in [0.15, 0.2) is 54.6 Å². The number of likely N-dealkylation sites (tertiary alicyclic amines) is 1. The molecule has 6 heteroatoms. The number of esters is 1. The lowest BCUT2D eigenvalue weighted by Gasteiger charge is -2.33. The van der Waals surface area contributed by atoms with Crippen LogP contribution in [-0.2, 0) is 9.53 Å². The van der Waals surface area contributed by atoms with Gasteiger partial charge in [0, 0.05) is 23.5 Å². The molecule has 1 saturated heterocycles. The second-order valence-corrected chi connectivity index (χ2v) is 7.81. The van der Waals surface area contributed by atoms with Crippen molar-refractivity contribution in [1.82, 2.24) is 9.88 Å². The second-order valence-electron chi connectivity index (χ2n) is 7.81. The molecule has 0 spiro atoms. The van der Waals surface area contributed by atoms with Crippen molar-refractivity contribution in [2.24, 2.45) is 0 Å². The Morgan fingerprint density at radius 2 is 1.87 bits per heavy atom. The highest BCUT2D eigenvalue weighted by Crippen LogP contribution is 2.27. The molecule has 0 radical (unpaired) electrons. The molecule has 6 nitrogen and oxygen atoms in total. The molecular formula is C25H26N2O4. The second kappa shape index (κ2) is 9.16. The van der Waals surface area contributed by atoms with Crippen LogP contribution in [0.4, 0.5) is 0 Å². The Balaban J connectivity index is 1.59. The van der Waals surface area contributed by atoms with E-state index in [0.717, 1.165) is 37.1 Å². The van der Waals surface area contributed by atoms with Gasteiger partial charge in [-0.15, -0.1) is 0 Å². The van der Waals surface area contributed by atoms with Crippen LogP contribution in [0.5, 0.6) is 5.75 Å². The van der Waals surface area contributed by atoms with E-state index in [1.165, 1.54) is 0 Å². The molecule has 1 aromatic heterocycles. The zero-order valence-corrected chi connectivity index (χ0v) is 17.8. The zero-order chi connectivity index (χ0) is 21.8. The monoisotopic (exact) mass is 418 g/mol. The molecule has 1 fully saturated rings. The van der Waals surface area contributed by atoms with Crippen molar-refractivity contribution >= 4 is 22.8 Å². The molecule has 160 valence electrons. The number of rotatable bonds is 5. The first-order valence-corrected chi connectivity index (χ1v) is 10.6. The number of hydrogen-bond donors (Lipinski definition) is 0. The predicted molar refractivity (Wildman–Crippen MR) is 119 cm³/mol. The highest BCUT2D eigenvalue weighted by molar-refractivity contribution is 6.05. The van der Waals surface area contributed by atoms with Crippen molar-refractivity contribution in [3.05, 3.63) is 60.2 Å². The van der Waals surface area contributed by atoms with E-state index in [1.807, 2.05) is 60.4 Å². The number of piperidine rings is 1. The van der Waals surface area contributed by atoms with Gasteiger partial charge >= 0.3 is 5.97 Å². The number of fused-ring (bicyclic) bond motifs is 1. The van der Waals surface area contributed by atoms with Gasteiger partial charge in [-0.05, 0) is 62.6 Å². The quantitative estimate of drug-likeness (QED) is 0.572. The Morgan fingerprint density at radius 1 is 1.10 bits per heavy atom. The lowest BCUT2D eigenvalue weighted by molar-refractivity contribution is -0.137. The van der Waals surface area contributed by atoms with Gasteiger partial charge in [0.1, 0.15) is 5.75 Å².